The van der Waals surface area contributed by atoms with E-state index in [4.69, 9.17) is 0 Å². The Hall–Kier alpha value is -0.330. The molecule has 0 aromatic rings. The second-order valence-corrected chi connectivity index (χ2v) is 4.28. The Morgan fingerprint density at radius 2 is 1.82 bits per heavy atom. The molecule has 2 aliphatic carbocycles. The minimum absolute atomic E-state index is 0.525. The van der Waals surface area contributed by atoms with E-state index in [1.165, 1.54) is 32.1 Å². The van der Waals surface area contributed by atoms with Crippen molar-refractivity contribution in [1.82, 2.24) is 0 Å². The quantitative estimate of drug-likeness (QED) is 0.521. The summed E-state index contributed by atoms with van der Waals surface area (Å²) in [6.45, 7) is 0. The van der Waals surface area contributed by atoms with E-state index in [-0.39, 0.29) is 0 Å². The number of Topliss-reactive ketones (excluding diaryl/α,β-unsaturated/α-hetero) is 1. The molecule has 2 aliphatic rings. The fourth-order valence-electron chi connectivity index (χ4n) is 2.20. The molecule has 11 heavy (non-hydrogen) atoms. The highest BCUT2D eigenvalue weighted by molar-refractivity contribution is 5.79. The van der Waals surface area contributed by atoms with Gasteiger partial charge in [-0.1, -0.05) is 12.8 Å². The Labute approximate surface area is 68.2 Å². The molecule has 0 saturated heterocycles. The van der Waals surface area contributed by atoms with Crippen molar-refractivity contribution in [3.05, 3.63) is 0 Å². The fourth-order valence-corrected chi connectivity index (χ4v) is 2.20. The van der Waals surface area contributed by atoms with Crippen molar-refractivity contribution < 1.29 is 4.79 Å². The van der Waals surface area contributed by atoms with Crippen LogP contribution in [0.2, 0.25) is 0 Å². The number of carbonyl (C=O) groups is 1. The molecular formula is C10H16O. The molecule has 0 aromatic carbocycles. The monoisotopic (exact) mass is 152 g/mol. The van der Waals surface area contributed by atoms with E-state index in [0.29, 0.717) is 11.2 Å². The summed E-state index contributed by atoms with van der Waals surface area (Å²) < 4.78 is 0. The third kappa shape index (κ3) is 1.63. The van der Waals surface area contributed by atoms with Crippen LogP contribution in [0.5, 0.6) is 0 Å². The second kappa shape index (κ2) is 2.62. The first-order chi connectivity index (χ1) is 5.31. The van der Waals surface area contributed by atoms with Gasteiger partial charge in [-0.05, 0) is 31.1 Å². The number of hydrogen-bond acceptors (Lipinski definition) is 1. The lowest BCUT2D eigenvalue weighted by Crippen LogP contribution is -2.11. The lowest BCUT2D eigenvalue weighted by molar-refractivity contribution is -0.120. The highest BCUT2D eigenvalue weighted by Crippen LogP contribution is 2.53. The number of carbonyl (C=O) groups excluding carboxylic acids is 1. The fraction of sp³-hybridized carbons (Fsp3) is 0.900. The molecule has 2 saturated carbocycles. The summed E-state index contributed by atoms with van der Waals surface area (Å²) in [6, 6.07) is 0. The van der Waals surface area contributed by atoms with E-state index in [9.17, 15) is 4.79 Å². The summed E-state index contributed by atoms with van der Waals surface area (Å²) in [5.41, 5.74) is 0.525. The molecule has 0 N–H and O–H groups in total. The second-order valence-electron chi connectivity index (χ2n) is 4.28. The summed E-state index contributed by atoms with van der Waals surface area (Å²) in [5, 5.41) is 0. The molecule has 0 amide bonds. The number of ketones is 1. The van der Waals surface area contributed by atoms with Crippen LogP contribution in [0.3, 0.4) is 0 Å². The van der Waals surface area contributed by atoms with Crippen molar-refractivity contribution in [3.63, 3.8) is 0 Å². The van der Waals surface area contributed by atoms with Gasteiger partial charge in [0.25, 0.3) is 0 Å². The van der Waals surface area contributed by atoms with E-state index < -0.39 is 0 Å². The molecule has 0 atom stereocenters. The molecule has 0 bridgehead atoms. The van der Waals surface area contributed by atoms with E-state index in [2.05, 4.69) is 0 Å². The van der Waals surface area contributed by atoms with Crippen molar-refractivity contribution in [2.75, 3.05) is 0 Å². The predicted octanol–water partition coefficient (Wildman–Crippen LogP) is 2.69. The van der Waals surface area contributed by atoms with Gasteiger partial charge in [0, 0.05) is 12.8 Å². The SMILES string of the molecule is O=C1CCCCCC2(CC2)C1. The van der Waals surface area contributed by atoms with Gasteiger partial charge >= 0.3 is 0 Å². The first-order valence-corrected chi connectivity index (χ1v) is 4.83. The van der Waals surface area contributed by atoms with Gasteiger partial charge in [-0.2, -0.15) is 0 Å². The molecule has 0 aromatic heterocycles. The first kappa shape index (κ1) is 7.33. The van der Waals surface area contributed by atoms with Gasteiger partial charge in [-0.3, -0.25) is 4.79 Å². The van der Waals surface area contributed by atoms with Crippen molar-refractivity contribution in [3.8, 4) is 0 Å². The van der Waals surface area contributed by atoms with Crippen LogP contribution in [0.15, 0.2) is 0 Å². The zero-order chi connectivity index (χ0) is 7.73. The van der Waals surface area contributed by atoms with Gasteiger partial charge < -0.3 is 0 Å². The summed E-state index contributed by atoms with van der Waals surface area (Å²) >= 11 is 0. The van der Waals surface area contributed by atoms with Crippen LogP contribution in [0.1, 0.15) is 51.4 Å². The largest absolute Gasteiger partial charge is 0.300 e. The summed E-state index contributed by atoms with van der Waals surface area (Å²) in [6.07, 6.45) is 9.57. The zero-order valence-electron chi connectivity index (χ0n) is 7.07. The van der Waals surface area contributed by atoms with Crippen LogP contribution < -0.4 is 0 Å². The van der Waals surface area contributed by atoms with Crippen LogP contribution in [0, 0.1) is 5.41 Å². The van der Waals surface area contributed by atoms with Crippen LogP contribution in [0.25, 0.3) is 0 Å². The van der Waals surface area contributed by atoms with Crippen LogP contribution in [-0.2, 0) is 4.79 Å². The third-order valence-electron chi connectivity index (χ3n) is 3.19. The molecule has 1 nitrogen and oxygen atoms in total. The lowest BCUT2D eigenvalue weighted by atomic mass is 9.88. The minimum atomic E-state index is 0.525. The van der Waals surface area contributed by atoms with Crippen LogP contribution in [0.4, 0.5) is 0 Å². The Kier molecular flexibility index (Phi) is 1.74. The van der Waals surface area contributed by atoms with E-state index in [1.54, 1.807) is 0 Å². The average molecular weight is 152 g/mol. The summed E-state index contributed by atoms with van der Waals surface area (Å²) in [4.78, 5) is 11.3. The van der Waals surface area contributed by atoms with Crippen molar-refractivity contribution in [2.24, 2.45) is 5.41 Å². The molecule has 2 rings (SSSR count). The molecular weight excluding hydrogens is 136 g/mol. The van der Waals surface area contributed by atoms with Gasteiger partial charge in [-0.15, -0.1) is 0 Å². The standard InChI is InChI=1S/C10H16O/c11-9-4-2-1-3-5-10(8-9)6-7-10/h1-8H2. The Bertz CT molecular complexity index is 168. The summed E-state index contributed by atoms with van der Waals surface area (Å²) in [7, 11) is 0. The van der Waals surface area contributed by atoms with E-state index in [1.807, 2.05) is 0 Å². The maximum absolute atomic E-state index is 11.3. The van der Waals surface area contributed by atoms with Gasteiger partial charge in [0.1, 0.15) is 5.78 Å². The normalized spacial score (nSPS) is 29.6. The third-order valence-corrected chi connectivity index (χ3v) is 3.19. The van der Waals surface area contributed by atoms with Gasteiger partial charge in [0.15, 0.2) is 0 Å². The molecule has 62 valence electrons. The molecule has 1 spiro atoms. The molecule has 0 heterocycles. The van der Waals surface area contributed by atoms with Crippen molar-refractivity contribution in [1.29, 1.82) is 0 Å². The lowest BCUT2D eigenvalue weighted by Gasteiger charge is -2.16. The molecule has 0 radical (unpaired) electrons. The maximum atomic E-state index is 11.3. The van der Waals surface area contributed by atoms with Crippen LogP contribution in [-0.4, -0.2) is 5.78 Å². The highest BCUT2D eigenvalue weighted by Gasteiger charge is 2.43. The average Bonchev–Trinajstić information content (AvgIpc) is 2.65. The Balaban J connectivity index is 1.95. The molecule has 0 aliphatic heterocycles. The number of rotatable bonds is 0. The smallest absolute Gasteiger partial charge is 0.133 e. The van der Waals surface area contributed by atoms with Gasteiger partial charge in [0.05, 0.1) is 0 Å². The van der Waals surface area contributed by atoms with Gasteiger partial charge in [-0.25, -0.2) is 0 Å². The Morgan fingerprint density at radius 3 is 2.55 bits per heavy atom. The first-order valence-electron chi connectivity index (χ1n) is 4.83. The maximum Gasteiger partial charge on any atom is 0.133 e. The van der Waals surface area contributed by atoms with Crippen LogP contribution >= 0.6 is 0 Å². The Morgan fingerprint density at radius 1 is 1.00 bits per heavy atom. The predicted molar refractivity (Wildman–Crippen MR) is 44.4 cm³/mol. The highest BCUT2D eigenvalue weighted by atomic mass is 16.1. The molecule has 1 heteroatoms. The summed E-state index contributed by atoms with van der Waals surface area (Å²) in [5.74, 6) is 0.530. The minimum Gasteiger partial charge on any atom is -0.300 e. The number of hydrogen-bond donors (Lipinski definition) is 0. The van der Waals surface area contributed by atoms with E-state index in [0.717, 1.165) is 19.3 Å². The zero-order valence-corrected chi connectivity index (χ0v) is 7.07. The molecule has 2 fully saturated rings. The molecule has 0 unspecified atom stereocenters. The van der Waals surface area contributed by atoms with Crippen molar-refractivity contribution >= 4 is 5.78 Å². The van der Waals surface area contributed by atoms with Gasteiger partial charge in [0.2, 0.25) is 0 Å². The topological polar surface area (TPSA) is 17.1 Å². The van der Waals surface area contributed by atoms with Crippen molar-refractivity contribution in [2.45, 2.75) is 51.4 Å². The van der Waals surface area contributed by atoms with E-state index >= 15 is 0 Å².